The van der Waals surface area contributed by atoms with Gasteiger partial charge in [-0.15, -0.1) is 0 Å². The van der Waals surface area contributed by atoms with E-state index in [9.17, 15) is 4.79 Å². The number of allylic oxidation sites excluding steroid dienone is 1. The summed E-state index contributed by atoms with van der Waals surface area (Å²) in [7, 11) is 1.86. The smallest absolute Gasteiger partial charge is 0.252 e. The van der Waals surface area contributed by atoms with Gasteiger partial charge in [0, 0.05) is 19.3 Å². The van der Waals surface area contributed by atoms with Gasteiger partial charge in [-0.05, 0) is 52.0 Å². The molecule has 0 saturated heterocycles. The van der Waals surface area contributed by atoms with E-state index in [0.717, 1.165) is 28.8 Å². The Labute approximate surface area is 136 Å². The first-order valence-corrected chi connectivity index (χ1v) is 8.33. The molecule has 1 amide bonds. The normalized spacial score (nSPS) is 14.8. The van der Waals surface area contributed by atoms with E-state index in [1.807, 2.05) is 27.0 Å². The van der Waals surface area contributed by atoms with Crippen LogP contribution in [0, 0.1) is 13.8 Å². The Balaban J connectivity index is 1.76. The maximum atomic E-state index is 12.6. The zero-order valence-electron chi connectivity index (χ0n) is 14.1. The fourth-order valence-electron chi connectivity index (χ4n) is 3.31. The summed E-state index contributed by atoms with van der Waals surface area (Å²) >= 11 is 0. The molecule has 0 saturated carbocycles. The Morgan fingerprint density at radius 3 is 2.91 bits per heavy atom. The summed E-state index contributed by atoms with van der Waals surface area (Å²) in [5.41, 5.74) is 4.60. The van der Waals surface area contributed by atoms with Crippen LogP contribution in [0.5, 0.6) is 0 Å². The van der Waals surface area contributed by atoms with Crippen molar-refractivity contribution in [2.45, 2.75) is 46.0 Å². The largest absolute Gasteiger partial charge is 0.352 e. The molecule has 1 aliphatic carbocycles. The molecule has 1 aliphatic rings. The van der Waals surface area contributed by atoms with Crippen LogP contribution < -0.4 is 5.32 Å². The minimum absolute atomic E-state index is 0.0343. The third kappa shape index (κ3) is 3.28. The average Bonchev–Trinajstić information content (AvgIpc) is 2.82. The number of aryl methyl sites for hydroxylation is 3. The Hall–Kier alpha value is -2.17. The van der Waals surface area contributed by atoms with Crippen molar-refractivity contribution in [2.75, 3.05) is 6.54 Å². The highest BCUT2D eigenvalue weighted by atomic mass is 16.1. The monoisotopic (exact) mass is 312 g/mol. The van der Waals surface area contributed by atoms with Gasteiger partial charge in [-0.25, -0.2) is 4.98 Å². The van der Waals surface area contributed by atoms with Crippen LogP contribution in [0.4, 0.5) is 0 Å². The minimum atomic E-state index is -0.0343. The number of hydrogen-bond donors (Lipinski definition) is 1. The highest BCUT2D eigenvalue weighted by Gasteiger charge is 2.17. The van der Waals surface area contributed by atoms with Gasteiger partial charge in [0.1, 0.15) is 0 Å². The lowest BCUT2D eigenvalue weighted by Gasteiger charge is -2.13. The summed E-state index contributed by atoms with van der Waals surface area (Å²) in [5.74, 6) is -0.0343. The molecule has 0 spiro atoms. The topological polar surface area (TPSA) is 59.8 Å². The molecule has 0 aliphatic heterocycles. The lowest BCUT2D eigenvalue weighted by Crippen LogP contribution is -2.25. The number of amides is 1. The molecule has 1 N–H and O–H groups in total. The second kappa shape index (κ2) is 6.52. The molecule has 23 heavy (non-hydrogen) atoms. The fourth-order valence-corrected chi connectivity index (χ4v) is 3.31. The molecule has 2 aromatic heterocycles. The first-order valence-electron chi connectivity index (χ1n) is 8.33. The van der Waals surface area contributed by atoms with Crippen LogP contribution in [0.1, 0.15) is 53.8 Å². The molecule has 0 unspecified atom stereocenters. The van der Waals surface area contributed by atoms with Gasteiger partial charge in [0.15, 0.2) is 5.65 Å². The summed E-state index contributed by atoms with van der Waals surface area (Å²) in [5, 5.41) is 8.30. The van der Waals surface area contributed by atoms with Crippen LogP contribution in [0.15, 0.2) is 17.7 Å². The summed E-state index contributed by atoms with van der Waals surface area (Å²) in [4.78, 5) is 17.1. The van der Waals surface area contributed by atoms with Crippen molar-refractivity contribution >= 4 is 16.9 Å². The predicted molar refractivity (Wildman–Crippen MR) is 91.5 cm³/mol. The quantitative estimate of drug-likeness (QED) is 0.882. The second-order valence-electron chi connectivity index (χ2n) is 6.33. The molecular weight excluding hydrogens is 288 g/mol. The van der Waals surface area contributed by atoms with E-state index in [4.69, 9.17) is 0 Å². The van der Waals surface area contributed by atoms with Crippen molar-refractivity contribution in [1.82, 2.24) is 20.1 Å². The predicted octanol–water partition coefficient (Wildman–Crippen LogP) is 3.21. The first kappa shape index (κ1) is 15.7. The average molecular weight is 312 g/mol. The fraction of sp³-hybridized carbons (Fsp3) is 0.500. The van der Waals surface area contributed by atoms with Crippen molar-refractivity contribution in [3.05, 3.63) is 34.7 Å². The van der Waals surface area contributed by atoms with Crippen LogP contribution in [-0.2, 0) is 7.05 Å². The molecule has 3 rings (SSSR count). The van der Waals surface area contributed by atoms with E-state index in [0.29, 0.717) is 12.1 Å². The molecule has 2 aromatic rings. The zero-order chi connectivity index (χ0) is 16.4. The molecule has 0 bridgehead atoms. The van der Waals surface area contributed by atoms with Crippen LogP contribution in [0.3, 0.4) is 0 Å². The van der Waals surface area contributed by atoms with Crippen LogP contribution in [-0.4, -0.2) is 27.2 Å². The van der Waals surface area contributed by atoms with Gasteiger partial charge in [-0.2, -0.15) is 5.10 Å². The van der Waals surface area contributed by atoms with Gasteiger partial charge < -0.3 is 5.32 Å². The number of nitrogens with one attached hydrogen (secondary N) is 1. The van der Waals surface area contributed by atoms with E-state index in [-0.39, 0.29) is 5.91 Å². The van der Waals surface area contributed by atoms with Crippen molar-refractivity contribution in [3.63, 3.8) is 0 Å². The summed E-state index contributed by atoms with van der Waals surface area (Å²) in [6.07, 6.45) is 8.21. The molecule has 122 valence electrons. The molecule has 0 aromatic carbocycles. The van der Waals surface area contributed by atoms with Crippen LogP contribution in [0.2, 0.25) is 0 Å². The third-order valence-electron chi connectivity index (χ3n) is 4.46. The highest BCUT2D eigenvalue weighted by molar-refractivity contribution is 6.06. The van der Waals surface area contributed by atoms with Gasteiger partial charge in [-0.1, -0.05) is 11.6 Å². The van der Waals surface area contributed by atoms with Gasteiger partial charge in [-0.3, -0.25) is 9.48 Å². The SMILES string of the molecule is Cc1cc(C(=O)NCCC2=CCCCC2)c2c(C)nn(C)c2n1. The Morgan fingerprint density at radius 2 is 2.17 bits per heavy atom. The van der Waals surface area contributed by atoms with Crippen LogP contribution in [0.25, 0.3) is 11.0 Å². The molecular formula is C18H24N4O. The van der Waals surface area contributed by atoms with Crippen molar-refractivity contribution in [1.29, 1.82) is 0 Å². The van der Waals surface area contributed by atoms with Gasteiger partial charge in [0.2, 0.25) is 0 Å². The number of aromatic nitrogens is 3. The van der Waals surface area contributed by atoms with Crippen molar-refractivity contribution < 1.29 is 4.79 Å². The van der Waals surface area contributed by atoms with E-state index in [2.05, 4.69) is 21.5 Å². The number of carbonyl (C=O) groups is 1. The van der Waals surface area contributed by atoms with E-state index < -0.39 is 0 Å². The molecule has 2 heterocycles. The maximum absolute atomic E-state index is 12.6. The van der Waals surface area contributed by atoms with Gasteiger partial charge >= 0.3 is 0 Å². The summed E-state index contributed by atoms with van der Waals surface area (Å²) in [6.45, 7) is 4.52. The van der Waals surface area contributed by atoms with Gasteiger partial charge in [0.05, 0.1) is 16.6 Å². The first-order chi connectivity index (χ1) is 11.1. The molecule has 0 radical (unpaired) electrons. The van der Waals surface area contributed by atoms with Gasteiger partial charge in [0.25, 0.3) is 5.91 Å². The lowest BCUT2D eigenvalue weighted by molar-refractivity contribution is 0.0955. The number of rotatable bonds is 4. The number of hydrogen-bond acceptors (Lipinski definition) is 3. The molecule has 5 nitrogen and oxygen atoms in total. The molecule has 0 fully saturated rings. The number of carbonyl (C=O) groups excluding carboxylic acids is 1. The van der Waals surface area contributed by atoms with E-state index in [1.165, 1.54) is 31.3 Å². The minimum Gasteiger partial charge on any atom is -0.352 e. The Morgan fingerprint density at radius 1 is 1.35 bits per heavy atom. The zero-order valence-corrected chi connectivity index (χ0v) is 14.1. The van der Waals surface area contributed by atoms with E-state index in [1.54, 1.807) is 4.68 Å². The standard InChI is InChI=1S/C18H24N4O/c1-12-11-15(16-13(2)21-22(3)17(16)20-12)18(23)19-10-9-14-7-5-4-6-8-14/h7,11H,4-6,8-10H2,1-3H3,(H,19,23). The summed E-state index contributed by atoms with van der Waals surface area (Å²) in [6, 6.07) is 1.85. The lowest BCUT2D eigenvalue weighted by atomic mass is 9.97. The molecule has 0 atom stereocenters. The van der Waals surface area contributed by atoms with Crippen molar-refractivity contribution in [2.24, 2.45) is 7.05 Å². The Kier molecular flexibility index (Phi) is 4.46. The number of pyridine rings is 1. The Bertz CT molecular complexity index is 773. The van der Waals surface area contributed by atoms with E-state index >= 15 is 0 Å². The van der Waals surface area contributed by atoms with Crippen LogP contribution >= 0.6 is 0 Å². The van der Waals surface area contributed by atoms with Crippen molar-refractivity contribution in [3.8, 4) is 0 Å². The second-order valence-corrected chi connectivity index (χ2v) is 6.33. The number of fused-ring (bicyclic) bond motifs is 1. The highest BCUT2D eigenvalue weighted by Crippen LogP contribution is 2.22. The maximum Gasteiger partial charge on any atom is 0.252 e. The molecule has 5 heteroatoms. The number of nitrogens with zero attached hydrogens (tertiary/aromatic N) is 3. The third-order valence-corrected chi connectivity index (χ3v) is 4.46. The summed E-state index contributed by atoms with van der Waals surface area (Å²) < 4.78 is 1.74.